The number of anilines is 1. The van der Waals surface area contributed by atoms with Crippen molar-refractivity contribution in [2.24, 2.45) is 7.05 Å². The Morgan fingerprint density at radius 3 is 2.48 bits per heavy atom. The summed E-state index contributed by atoms with van der Waals surface area (Å²) >= 11 is 0. The van der Waals surface area contributed by atoms with Crippen LogP contribution in [0.25, 0.3) is 0 Å². The molecule has 0 bridgehead atoms. The molecule has 1 saturated carbocycles. The lowest BCUT2D eigenvalue weighted by Crippen LogP contribution is -2.36. The van der Waals surface area contributed by atoms with E-state index in [1.54, 1.807) is 0 Å². The first kappa shape index (κ1) is 14.8. The van der Waals surface area contributed by atoms with Gasteiger partial charge in [0.05, 0.1) is 5.25 Å². The molecule has 1 atom stereocenters. The fourth-order valence-corrected chi connectivity index (χ4v) is 4.31. The monoisotopic (exact) mass is 312 g/mol. The van der Waals surface area contributed by atoms with Gasteiger partial charge in [-0.1, -0.05) is 12.8 Å². The van der Waals surface area contributed by atoms with Gasteiger partial charge in [0.1, 0.15) is 5.82 Å². The van der Waals surface area contributed by atoms with Gasteiger partial charge in [0.2, 0.25) is 5.95 Å². The quantitative estimate of drug-likeness (QED) is 0.846. The first-order valence-electron chi connectivity index (χ1n) is 7.80. The van der Waals surface area contributed by atoms with Crippen LogP contribution < -0.4 is 4.90 Å². The second-order valence-corrected chi connectivity index (χ2v) is 8.76. The van der Waals surface area contributed by atoms with Crippen molar-refractivity contribution >= 4 is 15.8 Å². The molecule has 2 heterocycles. The first-order chi connectivity index (χ1) is 9.97. The Hall–Kier alpha value is -1.11. The molecule has 6 nitrogen and oxygen atoms in total. The lowest BCUT2D eigenvalue weighted by molar-refractivity contribution is 0.392. The molecule has 3 rings (SSSR count). The molecule has 1 aliphatic heterocycles. The van der Waals surface area contributed by atoms with Crippen LogP contribution in [0.1, 0.15) is 50.3 Å². The van der Waals surface area contributed by atoms with E-state index in [4.69, 9.17) is 0 Å². The predicted molar refractivity (Wildman–Crippen MR) is 82.3 cm³/mol. The number of sulfone groups is 1. The van der Waals surface area contributed by atoms with Gasteiger partial charge in [0, 0.05) is 32.3 Å². The molecule has 21 heavy (non-hydrogen) atoms. The molecule has 0 spiro atoms. The van der Waals surface area contributed by atoms with Crippen LogP contribution in [-0.2, 0) is 16.9 Å². The molecular weight excluding hydrogens is 288 g/mol. The Labute approximate surface area is 126 Å². The topological polar surface area (TPSA) is 68.1 Å². The van der Waals surface area contributed by atoms with Gasteiger partial charge in [-0.05, 0) is 25.7 Å². The standard InChI is InChI=1S/C14H24N4O2S/c1-17-13(11-6-5-7-11)15-16-14(17)18-9-4-3-8-12(10-18)21(2,19)20/h11-12H,3-10H2,1-2H3/t12-/m0/s1. The zero-order chi connectivity index (χ0) is 15.0. The highest BCUT2D eigenvalue weighted by Crippen LogP contribution is 2.36. The van der Waals surface area contributed by atoms with Gasteiger partial charge in [-0.2, -0.15) is 0 Å². The van der Waals surface area contributed by atoms with E-state index < -0.39 is 9.84 Å². The number of aromatic nitrogens is 3. The van der Waals surface area contributed by atoms with Gasteiger partial charge in [-0.3, -0.25) is 0 Å². The number of hydrogen-bond donors (Lipinski definition) is 0. The van der Waals surface area contributed by atoms with E-state index in [0.717, 1.165) is 37.6 Å². The Morgan fingerprint density at radius 1 is 1.10 bits per heavy atom. The molecule has 0 amide bonds. The van der Waals surface area contributed by atoms with Crippen LogP contribution in [0, 0.1) is 0 Å². The zero-order valence-corrected chi connectivity index (χ0v) is 13.6. The molecular formula is C14H24N4O2S. The third kappa shape index (κ3) is 2.93. The Kier molecular flexibility index (Phi) is 3.94. The summed E-state index contributed by atoms with van der Waals surface area (Å²) in [6.07, 6.45) is 7.72. The van der Waals surface area contributed by atoms with Gasteiger partial charge in [0.25, 0.3) is 0 Å². The third-order valence-electron chi connectivity index (χ3n) is 4.87. The maximum absolute atomic E-state index is 11.9. The summed E-state index contributed by atoms with van der Waals surface area (Å²) in [5, 5.41) is 8.41. The molecule has 2 fully saturated rings. The Bertz CT molecular complexity index is 606. The minimum Gasteiger partial charge on any atom is -0.340 e. The first-order valence-corrected chi connectivity index (χ1v) is 9.75. The van der Waals surface area contributed by atoms with E-state index in [1.165, 1.54) is 25.5 Å². The van der Waals surface area contributed by atoms with E-state index in [2.05, 4.69) is 19.7 Å². The lowest BCUT2D eigenvalue weighted by Gasteiger charge is -2.27. The third-order valence-corrected chi connectivity index (χ3v) is 6.47. The SMILES string of the molecule is Cn1c(C2CCC2)nnc1N1CCCC[C@H](S(C)(=O)=O)C1. The molecule has 118 valence electrons. The van der Waals surface area contributed by atoms with E-state index in [1.807, 2.05) is 7.05 Å². The average Bonchev–Trinajstić information content (AvgIpc) is 2.61. The van der Waals surface area contributed by atoms with E-state index >= 15 is 0 Å². The van der Waals surface area contributed by atoms with Crippen molar-refractivity contribution in [3.05, 3.63) is 5.82 Å². The van der Waals surface area contributed by atoms with Gasteiger partial charge in [-0.15, -0.1) is 10.2 Å². The highest BCUT2D eigenvalue weighted by atomic mass is 32.2. The summed E-state index contributed by atoms with van der Waals surface area (Å²) in [6.45, 7) is 1.40. The smallest absolute Gasteiger partial charge is 0.227 e. The van der Waals surface area contributed by atoms with Crippen LogP contribution >= 0.6 is 0 Å². The summed E-state index contributed by atoms with van der Waals surface area (Å²) in [6, 6.07) is 0. The fraction of sp³-hybridized carbons (Fsp3) is 0.857. The van der Waals surface area contributed by atoms with Crippen molar-refractivity contribution in [1.82, 2.24) is 14.8 Å². The number of rotatable bonds is 3. The molecule has 0 aromatic carbocycles. The predicted octanol–water partition coefficient (Wildman–Crippen LogP) is 1.49. The van der Waals surface area contributed by atoms with Crippen molar-refractivity contribution in [2.45, 2.75) is 49.7 Å². The number of nitrogens with zero attached hydrogens (tertiary/aromatic N) is 4. The highest BCUT2D eigenvalue weighted by molar-refractivity contribution is 7.91. The van der Waals surface area contributed by atoms with Crippen LogP contribution in [0.15, 0.2) is 0 Å². The van der Waals surface area contributed by atoms with Gasteiger partial charge >= 0.3 is 0 Å². The molecule has 0 radical (unpaired) electrons. The summed E-state index contributed by atoms with van der Waals surface area (Å²) in [7, 11) is -1.00. The van der Waals surface area contributed by atoms with Crippen LogP contribution in [-0.4, -0.2) is 47.8 Å². The maximum Gasteiger partial charge on any atom is 0.227 e. The van der Waals surface area contributed by atoms with E-state index in [-0.39, 0.29) is 5.25 Å². The fourth-order valence-electron chi connectivity index (χ4n) is 3.26. The maximum atomic E-state index is 11.9. The van der Waals surface area contributed by atoms with Crippen LogP contribution in [0.3, 0.4) is 0 Å². The van der Waals surface area contributed by atoms with E-state index in [0.29, 0.717) is 12.5 Å². The highest BCUT2D eigenvalue weighted by Gasteiger charge is 2.30. The minimum atomic E-state index is -3.01. The van der Waals surface area contributed by atoms with Crippen LogP contribution in [0.2, 0.25) is 0 Å². The molecule has 0 unspecified atom stereocenters. The summed E-state index contributed by atoms with van der Waals surface area (Å²) < 4.78 is 25.9. The second-order valence-electron chi connectivity index (χ2n) is 6.44. The molecule has 7 heteroatoms. The van der Waals surface area contributed by atoms with Crippen molar-refractivity contribution in [2.75, 3.05) is 24.2 Å². The van der Waals surface area contributed by atoms with Crippen molar-refractivity contribution in [3.63, 3.8) is 0 Å². The lowest BCUT2D eigenvalue weighted by atomic mass is 9.85. The molecule has 2 aliphatic rings. The minimum absolute atomic E-state index is 0.288. The van der Waals surface area contributed by atoms with E-state index in [9.17, 15) is 8.42 Å². The summed E-state index contributed by atoms with van der Waals surface area (Å²) in [5.74, 6) is 2.41. The largest absolute Gasteiger partial charge is 0.340 e. The molecule has 1 aromatic rings. The summed E-state index contributed by atoms with van der Waals surface area (Å²) in [4.78, 5) is 2.11. The average molecular weight is 312 g/mol. The molecule has 0 N–H and O–H groups in total. The second kappa shape index (κ2) is 5.59. The Balaban J connectivity index is 1.83. The van der Waals surface area contributed by atoms with Gasteiger partial charge in [0.15, 0.2) is 9.84 Å². The van der Waals surface area contributed by atoms with Crippen molar-refractivity contribution < 1.29 is 8.42 Å². The molecule has 1 saturated heterocycles. The van der Waals surface area contributed by atoms with Crippen molar-refractivity contribution in [1.29, 1.82) is 0 Å². The van der Waals surface area contributed by atoms with Gasteiger partial charge in [-0.25, -0.2) is 8.42 Å². The summed E-state index contributed by atoms with van der Waals surface area (Å²) in [5.41, 5.74) is 0. The van der Waals surface area contributed by atoms with Crippen molar-refractivity contribution in [3.8, 4) is 0 Å². The molecule has 1 aliphatic carbocycles. The van der Waals surface area contributed by atoms with Crippen LogP contribution in [0.4, 0.5) is 5.95 Å². The zero-order valence-electron chi connectivity index (χ0n) is 12.8. The van der Waals surface area contributed by atoms with Crippen LogP contribution in [0.5, 0.6) is 0 Å². The molecule has 1 aromatic heterocycles. The van der Waals surface area contributed by atoms with Gasteiger partial charge < -0.3 is 9.47 Å². The normalized spacial score (nSPS) is 24.7. The number of hydrogen-bond acceptors (Lipinski definition) is 5. The Morgan fingerprint density at radius 2 is 1.86 bits per heavy atom.